The van der Waals surface area contributed by atoms with Gasteiger partial charge in [-0.05, 0) is 13.0 Å². The molecule has 0 spiro atoms. The summed E-state index contributed by atoms with van der Waals surface area (Å²) in [6.45, 7) is 1.19. The Morgan fingerprint density at radius 3 is 3.17 bits per heavy atom. The lowest BCUT2D eigenvalue weighted by atomic mass is 10.2. The number of thiazole rings is 1. The van der Waals surface area contributed by atoms with E-state index in [0.29, 0.717) is 31.6 Å². The van der Waals surface area contributed by atoms with Gasteiger partial charge in [0.25, 0.3) is 5.91 Å². The van der Waals surface area contributed by atoms with Gasteiger partial charge in [-0.15, -0.1) is 11.3 Å². The predicted molar refractivity (Wildman–Crippen MR) is 69.7 cm³/mol. The fourth-order valence-corrected chi connectivity index (χ4v) is 2.17. The zero-order chi connectivity index (χ0) is 13.4. The summed E-state index contributed by atoms with van der Waals surface area (Å²) in [5.41, 5.74) is 5.82. The van der Waals surface area contributed by atoms with E-state index in [1.807, 2.05) is 0 Å². The Hall–Kier alpha value is -1.02. The topological polar surface area (TPSA) is 97.5 Å². The van der Waals surface area contributed by atoms with Gasteiger partial charge in [0.05, 0.1) is 17.7 Å². The van der Waals surface area contributed by atoms with Gasteiger partial charge < -0.3 is 20.9 Å². The SMILES string of the molecule is COCC(O)CCNC(=O)c1csc(CCN)n1. The molecule has 1 aromatic heterocycles. The van der Waals surface area contributed by atoms with Gasteiger partial charge in [0.1, 0.15) is 5.69 Å². The maximum Gasteiger partial charge on any atom is 0.270 e. The molecule has 6 nitrogen and oxygen atoms in total. The second-order valence-corrected chi connectivity index (χ2v) is 4.76. The van der Waals surface area contributed by atoms with Crippen LogP contribution in [0.4, 0.5) is 0 Å². The average Bonchev–Trinajstić information content (AvgIpc) is 2.78. The lowest BCUT2D eigenvalue weighted by Crippen LogP contribution is -2.28. The molecule has 1 heterocycles. The van der Waals surface area contributed by atoms with Crippen LogP contribution in [0.25, 0.3) is 0 Å². The van der Waals surface area contributed by atoms with Gasteiger partial charge in [-0.3, -0.25) is 4.79 Å². The number of nitrogens with zero attached hydrogens (tertiary/aromatic N) is 1. The zero-order valence-corrected chi connectivity index (χ0v) is 11.2. The van der Waals surface area contributed by atoms with Crippen LogP contribution in [-0.4, -0.2) is 48.9 Å². The van der Waals surface area contributed by atoms with Crippen molar-refractivity contribution in [3.8, 4) is 0 Å². The largest absolute Gasteiger partial charge is 0.391 e. The fourth-order valence-electron chi connectivity index (χ4n) is 1.37. The molecule has 1 aromatic rings. The predicted octanol–water partition coefficient (Wildman–Crippen LogP) is -0.228. The third-order valence-corrected chi connectivity index (χ3v) is 3.17. The molecular weight excluding hydrogens is 254 g/mol. The van der Waals surface area contributed by atoms with E-state index >= 15 is 0 Å². The Balaban J connectivity index is 2.31. The Bertz CT molecular complexity index is 370. The van der Waals surface area contributed by atoms with Crippen LogP contribution in [0, 0.1) is 0 Å². The molecule has 18 heavy (non-hydrogen) atoms. The molecule has 0 aliphatic carbocycles. The van der Waals surface area contributed by atoms with Gasteiger partial charge in [0.2, 0.25) is 0 Å². The molecule has 0 aliphatic rings. The third kappa shape index (κ3) is 5.09. The van der Waals surface area contributed by atoms with Crippen molar-refractivity contribution in [2.45, 2.75) is 18.9 Å². The summed E-state index contributed by atoms with van der Waals surface area (Å²) in [5.74, 6) is -0.223. The molecule has 7 heteroatoms. The van der Waals surface area contributed by atoms with E-state index in [4.69, 9.17) is 10.5 Å². The monoisotopic (exact) mass is 273 g/mol. The molecule has 0 saturated heterocycles. The van der Waals surface area contributed by atoms with Gasteiger partial charge in [-0.2, -0.15) is 0 Å². The van der Waals surface area contributed by atoms with E-state index in [1.165, 1.54) is 18.4 Å². The van der Waals surface area contributed by atoms with Crippen molar-refractivity contribution < 1.29 is 14.6 Å². The minimum atomic E-state index is -0.557. The molecule has 102 valence electrons. The number of aromatic nitrogens is 1. The van der Waals surface area contributed by atoms with E-state index in [0.717, 1.165) is 5.01 Å². The van der Waals surface area contributed by atoms with Crippen LogP contribution in [0.5, 0.6) is 0 Å². The average molecular weight is 273 g/mol. The van der Waals surface area contributed by atoms with Crippen LogP contribution in [0.2, 0.25) is 0 Å². The highest BCUT2D eigenvalue weighted by Gasteiger charge is 2.10. The van der Waals surface area contributed by atoms with Crippen molar-refractivity contribution >= 4 is 17.2 Å². The standard InChI is InChI=1S/C11H19N3O3S/c1-17-6-8(15)3-5-13-11(16)9-7-18-10(14-9)2-4-12/h7-8,15H,2-6,12H2,1H3,(H,13,16). The van der Waals surface area contributed by atoms with Gasteiger partial charge >= 0.3 is 0 Å². The minimum Gasteiger partial charge on any atom is -0.391 e. The highest BCUT2D eigenvalue weighted by Crippen LogP contribution is 2.09. The molecule has 0 aromatic carbocycles. The number of hydrogen-bond donors (Lipinski definition) is 3. The van der Waals surface area contributed by atoms with E-state index in [1.54, 1.807) is 5.38 Å². The second-order valence-electron chi connectivity index (χ2n) is 3.82. The van der Waals surface area contributed by atoms with Crippen LogP contribution in [-0.2, 0) is 11.2 Å². The Morgan fingerprint density at radius 2 is 2.50 bits per heavy atom. The molecule has 1 unspecified atom stereocenters. The number of ether oxygens (including phenoxy) is 1. The molecule has 1 rings (SSSR count). The number of nitrogens with two attached hydrogens (primary N) is 1. The Kier molecular flexibility index (Phi) is 6.81. The van der Waals surface area contributed by atoms with Crippen molar-refractivity contribution in [3.05, 3.63) is 16.1 Å². The fraction of sp³-hybridized carbons (Fsp3) is 0.636. The van der Waals surface area contributed by atoms with Crippen LogP contribution in [0.3, 0.4) is 0 Å². The van der Waals surface area contributed by atoms with Crippen molar-refractivity contribution in [1.29, 1.82) is 0 Å². The van der Waals surface area contributed by atoms with Crippen molar-refractivity contribution in [2.75, 3.05) is 26.8 Å². The summed E-state index contributed by atoms with van der Waals surface area (Å²) in [5, 5.41) is 14.7. The molecule has 0 aliphatic heterocycles. The van der Waals surface area contributed by atoms with Crippen molar-refractivity contribution in [2.24, 2.45) is 5.73 Å². The summed E-state index contributed by atoms with van der Waals surface area (Å²) >= 11 is 1.43. The second kappa shape index (κ2) is 8.15. The zero-order valence-electron chi connectivity index (χ0n) is 10.4. The molecule has 0 radical (unpaired) electrons. The Morgan fingerprint density at radius 1 is 1.72 bits per heavy atom. The molecule has 0 bridgehead atoms. The number of hydrogen-bond acceptors (Lipinski definition) is 6. The number of rotatable bonds is 8. The number of carbonyl (C=O) groups is 1. The Labute approximate surface area is 110 Å². The smallest absolute Gasteiger partial charge is 0.270 e. The molecule has 0 saturated carbocycles. The first-order valence-corrected chi connectivity index (χ1v) is 6.65. The minimum absolute atomic E-state index is 0.223. The highest BCUT2D eigenvalue weighted by atomic mass is 32.1. The van der Waals surface area contributed by atoms with Crippen molar-refractivity contribution in [3.63, 3.8) is 0 Å². The third-order valence-electron chi connectivity index (χ3n) is 2.26. The normalized spacial score (nSPS) is 12.4. The summed E-state index contributed by atoms with van der Waals surface area (Å²) in [4.78, 5) is 15.9. The number of methoxy groups -OCH3 is 1. The number of aliphatic hydroxyl groups excluding tert-OH is 1. The highest BCUT2D eigenvalue weighted by molar-refractivity contribution is 7.09. The van der Waals surface area contributed by atoms with E-state index in [-0.39, 0.29) is 12.5 Å². The maximum absolute atomic E-state index is 11.7. The molecule has 1 atom stereocenters. The first-order chi connectivity index (χ1) is 8.67. The summed E-state index contributed by atoms with van der Waals surface area (Å²) in [6, 6.07) is 0. The first kappa shape index (κ1) is 15.0. The molecule has 4 N–H and O–H groups in total. The van der Waals surface area contributed by atoms with Crippen LogP contribution in [0.15, 0.2) is 5.38 Å². The van der Waals surface area contributed by atoms with Gasteiger partial charge in [-0.25, -0.2) is 4.98 Å². The van der Waals surface area contributed by atoms with Gasteiger partial charge in [-0.1, -0.05) is 0 Å². The summed E-state index contributed by atoms with van der Waals surface area (Å²) < 4.78 is 4.79. The molecule has 0 fully saturated rings. The number of aliphatic hydroxyl groups is 1. The molecular formula is C11H19N3O3S. The first-order valence-electron chi connectivity index (χ1n) is 5.77. The quantitative estimate of drug-likeness (QED) is 0.608. The lowest BCUT2D eigenvalue weighted by Gasteiger charge is -2.09. The summed E-state index contributed by atoms with van der Waals surface area (Å²) in [6.07, 6.45) is 0.586. The van der Waals surface area contributed by atoms with Crippen molar-refractivity contribution in [1.82, 2.24) is 10.3 Å². The van der Waals surface area contributed by atoms with E-state index < -0.39 is 6.10 Å². The van der Waals surface area contributed by atoms with Gasteiger partial charge in [0, 0.05) is 25.5 Å². The molecule has 1 amide bonds. The van der Waals surface area contributed by atoms with E-state index in [2.05, 4.69) is 10.3 Å². The number of amides is 1. The van der Waals surface area contributed by atoms with Crippen LogP contribution >= 0.6 is 11.3 Å². The van der Waals surface area contributed by atoms with Crippen LogP contribution < -0.4 is 11.1 Å². The summed E-state index contributed by atoms with van der Waals surface area (Å²) in [7, 11) is 1.52. The number of nitrogens with one attached hydrogen (secondary N) is 1. The lowest BCUT2D eigenvalue weighted by molar-refractivity contribution is 0.0587. The van der Waals surface area contributed by atoms with E-state index in [9.17, 15) is 9.90 Å². The van der Waals surface area contributed by atoms with Gasteiger partial charge in [0.15, 0.2) is 0 Å². The van der Waals surface area contributed by atoms with Crippen LogP contribution in [0.1, 0.15) is 21.9 Å². The maximum atomic E-state index is 11.7. The number of carbonyl (C=O) groups excluding carboxylic acids is 1.